The van der Waals surface area contributed by atoms with Gasteiger partial charge in [-0.1, -0.05) is 0 Å². The van der Waals surface area contributed by atoms with E-state index in [2.05, 4.69) is 30.9 Å². The van der Waals surface area contributed by atoms with E-state index in [0.717, 1.165) is 35.5 Å². The van der Waals surface area contributed by atoms with Crippen LogP contribution >= 0.6 is 0 Å². The smallest absolute Gasteiger partial charge is 0.433 e. The molecular formula is C25H21F3N6O2. The molecule has 8 nitrogen and oxygen atoms in total. The van der Waals surface area contributed by atoms with E-state index in [0.29, 0.717) is 23.1 Å². The highest BCUT2D eigenvalue weighted by Crippen LogP contribution is 2.27. The van der Waals surface area contributed by atoms with Crippen LogP contribution in [-0.4, -0.2) is 28.0 Å². The molecular weight excluding hydrogens is 473 g/mol. The van der Waals surface area contributed by atoms with Crippen LogP contribution in [0, 0.1) is 6.92 Å². The first-order chi connectivity index (χ1) is 17.2. The monoisotopic (exact) mass is 494 g/mol. The summed E-state index contributed by atoms with van der Waals surface area (Å²) in [4.78, 5) is 24.5. The van der Waals surface area contributed by atoms with Crippen LogP contribution in [0.25, 0.3) is 0 Å². The fourth-order valence-electron chi connectivity index (χ4n) is 3.18. The molecule has 0 fully saturated rings. The molecule has 36 heavy (non-hydrogen) atoms. The Morgan fingerprint density at radius 3 is 2.11 bits per heavy atom. The van der Waals surface area contributed by atoms with Gasteiger partial charge in [0.05, 0.1) is 12.7 Å². The minimum atomic E-state index is -4.56. The number of aryl methyl sites for hydroxylation is 1. The number of halogens is 3. The number of carbonyl (C=O) groups excluding carboxylic acids is 1. The van der Waals surface area contributed by atoms with Crippen molar-refractivity contribution in [3.8, 4) is 5.75 Å². The molecule has 0 bridgehead atoms. The van der Waals surface area contributed by atoms with Gasteiger partial charge in [-0.05, 0) is 67.6 Å². The summed E-state index contributed by atoms with van der Waals surface area (Å²) in [6.07, 6.45) is -3.67. The van der Waals surface area contributed by atoms with Crippen LogP contribution in [0.1, 0.15) is 21.7 Å². The van der Waals surface area contributed by atoms with Gasteiger partial charge in [0.2, 0.25) is 5.95 Å². The first kappa shape index (κ1) is 24.5. The average Bonchev–Trinajstić information content (AvgIpc) is 2.85. The van der Waals surface area contributed by atoms with E-state index < -0.39 is 17.8 Å². The molecule has 0 radical (unpaired) electrons. The number of ether oxygens (including phenoxy) is 1. The Balaban J connectivity index is 1.40. The normalized spacial score (nSPS) is 11.0. The van der Waals surface area contributed by atoms with Gasteiger partial charge in [-0.2, -0.15) is 18.2 Å². The van der Waals surface area contributed by atoms with E-state index in [9.17, 15) is 18.0 Å². The molecule has 1 amide bonds. The zero-order valence-electron chi connectivity index (χ0n) is 19.2. The number of hydrogen-bond donors (Lipinski definition) is 3. The third-order valence-electron chi connectivity index (χ3n) is 4.93. The Hall–Kier alpha value is -4.67. The van der Waals surface area contributed by atoms with E-state index in [1.165, 1.54) is 0 Å². The number of aromatic nitrogens is 3. The standard InChI is InChI=1S/C25H21F3N6O2/c1-15-13-22(31-17-8-10-20(36-2)11-9-17)34-24(30-15)33-19-6-4-18(5-7-19)32-23(35)16-3-12-21(29-14-16)25(26,27)28/h3-14H,1-2H3,(H,32,35)(H2,30,31,33,34). The number of alkyl halides is 3. The molecule has 2 heterocycles. The van der Waals surface area contributed by atoms with Gasteiger partial charge in [0.1, 0.15) is 17.3 Å². The fraction of sp³-hybridized carbons (Fsp3) is 0.120. The SMILES string of the molecule is COc1ccc(Nc2cc(C)nc(Nc3ccc(NC(=O)c4ccc(C(F)(F)F)nc4)cc3)n2)cc1. The predicted molar refractivity (Wildman–Crippen MR) is 130 cm³/mol. The maximum Gasteiger partial charge on any atom is 0.433 e. The first-order valence-corrected chi connectivity index (χ1v) is 10.7. The van der Waals surface area contributed by atoms with Crippen LogP contribution in [0.5, 0.6) is 5.75 Å². The lowest BCUT2D eigenvalue weighted by Gasteiger charge is -2.11. The van der Waals surface area contributed by atoms with E-state index in [1.54, 1.807) is 31.4 Å². The summed E-state index contributed by atoms with van der Waals surface area (Å²) in [6.45, 7) is 1.85. The molecule has 0 aliphatic heterocycles. The Labute approximate surface area is 204 Å². The summed E-state index contributed by atoms with van der Waals surface area (Å²) in [7, 11) is 1.60. The maximum absolute atomic E-state index is 12.6. The number of rotatable bonds is 7. The highest BCUT2D eigenvalue weighted by Gasteiger charge is 2.32. The third kappa shape index (κ3) is 6.26. The number of nitrogens with zero attached hydrogens (tertiary/aromatic N) is 3. The molecule has 11 heteroatoms. The first-order valence-electron chi connectivity index (χ1n) is 10.7. The molecule has 3 N–H and O–H groups in total. The van der Waals surface area contributed by atoms with E-state index >= 15 is 0 Å². The highest BCUT2D eigenvalue weighted by molar-refractivity contribution is 6.04. The van der Waals surface area contributed by atoms with Gasteiger partial charge in [-0.3, -0.25) is 9.78 Å². The number of hydrogen-bond acceptors (Lipinski definition) is 7. The Morgan fingerprint density at radius 2 is 1.50 bits per heavy atom. The number of carbonyl (C=O) groups is 1. The minimum Gasteiger partial charge on any atom is -0.497 e. The van der Waals surface area contributed by atoms with Crippen molar-refractivity contribution in [3.05, 3.63) is 89.9 Å². The van der Waals surface area contributed by atoms with Gasteiger partial charge in [0.25, 0.3) is 5.91 Å². The van der Waals surface area contributed by atoms with Crippen LogP contribution in [-0.2, 0) is 6.18 Å². The molecule has 4 aromatic rings. The van der Waals surface area contributed by atoms with Crippen LogP contribution in [0.15, 0.2) is 72.9 Å². The van der Waals surface area contributed by atoms with Gasteiger partial charge in [-0.25, -0.2) is 4.98 Å². The number of anilines is 5. The molecule has 0 aliphatic rings. The van der Waals surface area contributed by atoms with Crippen molar-refractivity contribution in [2.45, 2.75) is 13.1 Å². The van der Waals surface area contributed by atoms with Crippen molar-refractivity contribution in [2.75, 3.05) is 23.1 Å². The van der Waals surface area contributed by atoms with Gasteiger partial charge in [-0.15, -0.1) is 0 Å². The Morgan fingerprint density at radius 1 is 0.861 bits per heavy atom. The summed E-state index contributed by atoms with van der Waals surface area (Å²) < 4.78 is 43.1. The molecule has 2 aromatic carbocycles. The second-order valence-corrected chi connectivity index (χ2v) is 7.66. The summed E-state index contributed by atoms with van der Waals surface area (Å²) >= 11 is 0. The van der Waals surface area contributed by atoms with Crippen molar-refractivity contribution >= 4 is 34.7 Å². The molecule has 0 spiro atoms. The molecule has 0 saturated heterocycles. The zero-order valence-corrected chi connectivity index (χ0v) is 19.2. The summed E-state index contributed by atoms with van der Waals surface area (Å²) in [5.41, 5.74) is 1.66. The molecule has 0 unspecified atom stereocenters. The Kier molecular flexibility index (Phi) is 7.00. The van der Waals surface area contributed by atoms with Crippen molar-refractivity contribution < 1.29 is 22.7 Å². The lowest BCUT2D eigenvalue weighted by atomic mass is 10.2. The largest absolute Gasteiger partial charge is 0.497 e. The number of pyridine rings is 1. The second-order valence-electron chi connectivity index (χ2n) is 7.66. The van der Waals surface area contributed by atoms with E-state index in [4.69, 9.17) is 4.74 Å². The number of methoxy groups -OCH3 is 1. The molecule has 184 valence electrons. The van der Waals surface area contributed by atoms with Crippen LogP contribution in [0.2, 0.25) is 0 Å². The number of benzene rings is 2. The lowest BCUT2D eigenvalue weighted by Crippen LogP contribution is -2.14. The van der Waals surface area contributed by atoms with Gasteiger partial charge >= 0.3 is 6.18 Å². The van der Waals surface area contributed by atoms with Gasteiger partial charge < -0.3 is 20.7 Å². The highest BCUT2D eigenvalue weighted by atomic mass is 19.4. The van der Waals surface area contributed by atoms with Gasteiger partial charge in [0, 0.05) is 35.0 Å². The third-order valence-corrected chi connectivity index (χ3v) is 4.93. The summed E-state index contributed by atoms with van der Waals surface area (Å²) in [6, 6.07) is 17.8. The number of nitrogens with one attached hydrogen (secondary N) is 3. The van der Waals surface area contributed by atoms with E-state index in [-0.39, 0.29) is 5.56 Å². The van der Waals surface area contributed by atoms with Crippen LogP contribution in [0.4, 0.5) is 42.0 Å². The number of amides is 1. The van der Waals surface area contributed by atoms with Crippen molar-refractivity contribution in [1.82, 2.24) is 15.0 Å². The predicted octanol–water partition coefficient (Wildman–Crippen LogP) is 5.95. The average molecular weight is 494 g/mol. The van der Waals surface area contributed by atoms with Crippen molar-refractivity contribution in [2.24, 2.45) is 0 Å². The molecule has 0 atom stereocenters. The van der Waals surface area contributed by atoms with Crippen LogP contribution < -0.4 is 20.7 Å². The topological polar surface area (TPSA) is 101 Å². The van der Waals surface area contributed by atoms with Crippen LogP contribution in [0.3, 0.4) is 0 Å². The van der Waals surface area contributed by atoms with Crippen molar-refractivity contribution in [3.63, 3.8) is 0 Å². The maximum atomic E-state index is 12.6. The zero-order chi connectivity index (χ0) is 25.7. The summed E-state index contributed by atoms with van der Waals surface area (Å²) in [5.74, 6) is 1.15. The minimum absolute atomic E-state index is 0.00949. The van der Waals surface area contributed by atoms with E-state index in [1.807, 2.05) is 37.3 Å². The van der Waals surface area contributed by atoms with Crippen molar-refractivity contribution in [1.29, 1.82) is 0 Å². The second kappa shape index (κ2) is 10.3. The lowest BCUT2D eigenvalue weighted by molar-refractivity contribution is -0.141. The molecule has 0 aliphatic carbocycles. The fourth-order valence-corrected chi connectivity index (χ4v) is 3.18. The quantitative estimate of drug-likeness (QED) is 0.292. The van der Waals surface area contributed by atoms with Gasteiger partial charge in [0.15, 0.2) is 0 Å². The molecule has 0 saturated carbocycles. The summed E-state index contributed by atoms with van der Waals surface area (Å²) in [5, 5.41) is 8.95. The Bertz CT molecular complexity index is 1340. The molecule has 2 aromatic heterocycles. The molecule has 4 rings (SSSR count).